The topological polar surface area (TPSA) is 51.2 Å². The van der Waals surface area contributed by atoms with E-state index in [0.29, 0.717) is 28.9 Å². The Morgan fingerprint density at radius 1 is 1.03 bits per heavy atom. The van der Waals surface area contributed by atoms with E-state index in [9.17, 15) is 4.79 Å². The molecule has 0 unspecified atom stereocenters. The number of anilines is 1. The molecule has 6 heteroatoms. The molecule has 0 saturated carbocycles. The lowest BCUT2D eigenvalue weighted by Gasteiger charge is -2.10. The summed E-state index contributed by atoms with van der Waals surface area (Å²) in [5.41, 5.74) is 4.20. The highest BCUT2D eigenvalue weighted by Crippen LogP contribution is 2.30. The summed E-state index contributed by atoms with van der Waals surface area (Å²) in [5, 5.41) is 6.61. The number of carbonyl (C=O) groups excluding carboxylic acids is 1. The third kappa shape index (κ3) is 5.55. The molecular weight excluding hydrogens is 440 g/mol. The molecule has 0 bridgehead atoms. The minimum Gasteiger partial charge on any atom is -0.493 e. The molecule has 4 nitrogen and oxygen atoms in total. The van der Waals surface area contributed by atoms with Crippen LogP contribution >= 0.6 is 22.9 Å². The molecule has 0 radical (unpaired) electrons. The molecule has 0 aliphatic carbocycles. The van der Waals surface area contributed by atoms with E-state index in [1.807, 2.05) is 66.0 Å². The van der Waals surface area contributed by atoms with Crippen molar-refractivity contribution >= 4 is 34.5 Å². The van der Waals surface area contributed by atoms with Crippen LogP contribution in [0.2, 0.25) is 5.02 Å². The van der Waals surface area contributed by atoms with Gasteiger partial charge in [0.25, 0.3) is 5.91 Å². The number of nitrogens with zero attached hydrogens (tertiary/aromatic N) is 1. The van der Waals surface area contributed by atoms with E-state index >= 15 is 0 Å². The van der Waals surface area contributed by atoms with Crippen LogP contribution in [0.3, 0.4) is 0 Å². The number of amides is 1. The molecule has 4 rings (SSSR count). The third-order valence-corrected chi connectivity index (χ3v) is 5.86. The molecule has 3 aromatic carbocycles. The second-order valence-electron chi connectivity index (χ2n) is 7.81. The predicted molar refractivity (Wildman–Crippen MR) is 133 cm³/mol. The second kappa shape index (κ2) is 9.98. The zero-order valence-corrected chi connectivity index (χ0v) is 19.4. The van der Waals surface area contributed by atoms with Crippen molar-refractivity contribution < 1.29 is 9.53 Å². The van der Waals surface area contributed by atoms with Crippen LogP contribution in [0.5, 0.6) is 5.75 Å². The maximum Gasteiger partial charge on any atom is 0.255 e. The van der Waals surface area contributed by atoms with Gasteiger partial charge in [-0.15, -0.1) is 11.3 Å². The van der Waals surface area contributed by atoms with Crippen molar-refractivity contribution in [2.75, 3.05) is 11.9 Å². The van der Waals surface area contributed by atoms with Gasteiger partial charge in [0, 0.05) is 32.8 Å². The van der Waals surface area contributed by atoms with Gasteiger partial charge in [0.15, 0.2) is 0 Å². The summed E-state index contributed by atoms with van der Waals surface area (Å²) in [6, 6.07) is 22.6. The average molecular weight is 463 g/mol. The molecule has 4 aromatic rings. The molecule has 32 heavy (non-hydrogen) atoms. The van der Waals surface area contributed by atoms with Gasteiger partial charge in [-0.3, -0.25) is 4.79 Å². The van der Waals surface area contributed by atoms with Gasteiger partial charge in [0.2, 0.25) is 0 Å². The van der Waals surface area contributed by atoms with Crippen LogP contribution in [-0.2, 0) is 0 Å². The van der Waals surface area contributed by atoms with E-state index in [-0.39, 0.29) is 5.91 Å². The second-order valence-corrected chi connectivity index (χ2v) is 9.10. The number of benzene rings is 3. The Labute approximate surface area is 196 Å². The molecule has 0 spiro atoms. The Balaban J connectivity index is 1.43. The summed E-state index contributed by atoms with van der Waals surface area (Å²) in [6.45, 7) is 4.79. The number of hydrogen-bond acceptors (Lipinski definition) is 4. The SMILES string of the molecule is CC(C)COc1cccc(C(=O)Nc2ccc(-c3csc(-c4ccc(Cl)cc4)n3)cc2)c1. The van der Waals surface area contributed by atoms with Crippen molar-refractivity contribution in [2.24, 2.45) is 5.92 Å². The fraction of sp³-hybridized carbons (Fsp3) is 0.154. The largest absolute Gasteiger partial charge is 0.493 e. The molecule has 0 aliphatic heterocycles. The van der Waals surface area contributed by atoms with Gasteiger partial charge >= 0.3 is 0 Å². The van der Waals surface area contributed by atoms with Crippen LogP contribution in [0.4, 0.5) is 5.69 Å². The monoisotopic (exact) mass is 462 g/mol. The Kier molecular flexibility index (Phi) is 6.88. The first kappa shape index (κ1) is 22.1. The Hall–Kier alpha value is -3.15. The highest BCUT2D eigenvalue weighted by molar-refractivity contribution is 7.13. The minimum atomic E-state index is -0.175. The first-order chi connectivity index (χ1) is 15.5. The van der Waals surface area contributed by atoms with Gasteiger partial charge in [0.1, 0.15) is 10.8 Å². The van der Waals surface area contributed by atoms with Crippen LogP contribution in [0.25, 0.3) is 21.8 Å². The molecule has 1 heterocycles. The van der Waals surface area contributed by atoms with E-state index < -0.39 is 0 Å². The number of hydrogen-bond donors (Lipinski definition) is 1. The van der Waals surface area contributed by atoms with Crippen molar-refractivity contribution in [1.29, 1.82) is 0 Å². The molecule has 1 aromatic heterocycles. The molecule has 162 valence electrons. The summed E-state index contributed by atoms with van der Waals surface area (Å²) < 4.78 is 5.72. The quantitative estimate of drug-likeness (QED) is 0.311. The van der Waals surface area contributed by atoms with Crippen molar-refractivity contribution in [2.45, 2.75) is 13.8 Å². The van der Waals surface area contributed by atoms with Gasteiger partial charge in [0.05, 0.1) is 12.3 Å². The van der Waals surface area contributed by atoms with E-state index in [4.69, 9.17) is 21.3 Å². The molecular formula is C26H23ClN2O2S. The fourth-order valence-electron chi connectivity index (χ4n) is 3.05. The minimum absolute atomic E-state index is 0.175. The number of carbonyl (C=O) groups is 1. The Morgan fingerprint density at radius 3 is 2.47 bits per heavy atom. The lowest BCUT2D eigenvalue weighted by molar-refractivity contribution is 0.102. The van der Waals surface area contributed by atoms with Crippen molar-refractivity contribution in [3.05, 3.63) is 88.8 Å². The van der Waals surface area contributed by atoms with Crippen LogP contribution in [0.15, 0.2) is 78.2 Å². The van der Waals surface area contributed by atoms with Crippen molar-refractivity contribution in [1.82, 2.24) is 4.98 Å². The predicted octanol–water partition coefficient (Wildman–Crippen LogP) is 7.42. The summed E-state index contributed by atoms with van der Waals surface area (Å²) in [6.07, 6.45) is 0. The zero-order valence-electron chi connectivity index (χ0n) is 17.8. The summed E-state index contributed by atoms with van der Waals surface area (Å²) >= 11 is 7.56. The molecule has 0 fully saturated rings. The van der Waals surface area contributed by atoms with Gasteiger partial charge in [-0.25, -0.2) is 4.98 Å². The van der Waals surface area contributed by atoms with Crippen molar-refractivity contribution in [3.63, 3.8) is 0 Å². The maximum atomic E-state index is 12.7. The molecule has 1 amide bonds. The van der Waals surface area contributed by atoms with Gasteiger partial charge in [-0.1, -0.05) is 55.8 Å². The maximum absolute atomic E-state index is 12.7. The Morgan fingerprint density at radius 2 is 1.75 bits per heavy atom. The number of thiazole rings is 1. The van der Waals surface area contributed by atoms with E-state index in [0.717, 1.165) is 27.5 Å². The fourth-order valence-corrected chi connectivity index (χ4v) is 4.01. The first-order valence-electron chi connectivity index (χ1n) is 10.3. The van der Waals surface area contributed by atoms with Crippen LogP contribution in [0, 0.1) is 5.92 Å². The molecule has 0 aliphatic rings. The molecule has 0 saturated heterocycles. The number of nitrogens with one attached hydrogen (secondary N) is 1. The van der Waals surface area contributed by atoms with Crippen LogP contribution in [-0.4, -0.2) is 17.5 Å². The highest BCUT2D eigenvalue weighted by Gasteiger charge is 2.10. The smallest absolute Gasteiger partial charge is 0.255 e. The highest BCUT2D eigenvalue weighted by atomic mass is 35.5. The standard InChI is InChI=1S/C26H23ClN2O2S/c1-17(2)15-31-23-5-3-4-20(14-23)25(30)28-22-12-8-18(9-13-22)24-16-32-26(29-24)19-6-10-21(27)11-7-19/h3-14,16-17H,15H2,1-2H3,(H,28,30). The van der Waals surface area contributed by atoms with Gasteiger partial charge in [-0.05, 0) is 48.4 Å². The summed E-state index contributed by atoms with van der Waals surface area (Å²) in [5.74, 6) is 0.944. The molecule has 0 atom stereocenters. The van der Waals surface area contributed by atoms with E-state index in [1.54, 1.807) is 23.5 Å². The number of halogens is 1. The van der Waals surface area contributed by atoms with Gasteiger partial charge in [-0.2, -0.15) is 0 Å². The third-order valence-electron chi connectivity index (χ3n) is 4.71. The Bertz CT molecular complexity index is 1200. The van der Waals surface area contributed by atoms with Crippen LogP contribution < -0.4 is 10.1 Å². The number of aromatic nitrogens is 1. The lowest BCUT2D eigenvalue weighted by Crippen LogP contribution is -2.12. The van der Waals surface area contributed by atoms with Crippen LogP contribution in [0.1, 0.15) is 24.2 Å². The summed E-state index contributed by atoms with van der Waals surface area (Å²) in [4.78, 5) is 17.4. The molecule has 1 N–H and O–H groups in total. The zero-order chi connectivity index (χ0) is 22.5. The lowest BCUT2D eigenvalue weighted by atomic mass is 10.1. The van der Waals surface area contributed by atoms with E-state index in [1.165, 1.54) is 0 Å². The first-order valence-corrected chi connectivity index (χ1v) is 11.6. The average Bonchev–Trinajstić information content (AvgIpc) is 3.29. The van der Waals surface area contributed by atoms with Gasteiger partial charge < -0.3 is 10.1 Å². The number of rotatable bonds is 7. The normalized spacial score (nSPS) is 10.9. The summed E-state index contributed by atoms with van der Waals surface area (Å²) in [7, 11) is 0. The number of ether oxygens (including phenoxy) is 1. The van der Waals surface area contributed by atoms with Crippen molar-refractivity contribution in [3.8, 4) is 27.6 Å². The van der Waals surface area contributed by atoms with E-state index in [2.05, 4.69) is 19.2 Å².